The molecule has 1 aromatic rings. The molecule has 0 aliphatic rings. The second-order valence-corrected chi connectivity index (χ2v) is 5.60. The van der Waals surface area contributed by atoms with Gasteiger partial charge in [0.2, 0.25) is 0 Å². The molecule has 1 rings (SSSR count). The van der Waals surface area contributed by atoms with E-state index < -0.39 is 5.97 Å². The van der Waals surface area contributed by atoms with Crippen molar-refractivity contribution in [2.45, 2.75) is 39.0 Å². The van der Waals surface area contributed by atoms with E-state index in [4.69, 9.17) is 12.2 Å². The van der Waals surface area contributed by atoms with Crippen LogP contribution in [0.5, 0.6) is 0 Å². The number of carbonyl (C=O) groups is 2. The quantitative estimate of drug-likeness (QED) is 0.434. The molecule has 126 valence electrons. The summed E-state index contributed by atoms with van der Waals surface area (Å²) in [5, 5.41) is 5.93. The van der Waals surface area contributed by atoms with Crippen LogP contribution in [0.3, 0.4) is 0 Å². The van der Waals surface area contributed by atoms with Crippen LogP contribution < -0.4 is 10.6 Å². The Morgan fingerprint density at radius 3 is 2.52 bits per heavy atom. The predicted octanol–water partition coefficient (Wildman–Crippen LogP) is 3.05. The Labute approximate surface area is 142 Å². The first-order chi connectivity index (χ1) is 11.1. The summed E-state index contributed by atoms with van der Waals surface area (Å²) in [6, 6.07) is 6.32. The number of rotatable bonds is 8. The average Bonchev–Trinajstić information content (AvgIpc) is 2.57. The molecule has 5 nitrogen and oxygen atoms in total. The van der Waals surface area contributed by atoms with Gasteiger partial charge in [-0.3, -0.25) is 10.1 Å². The third-order valence-corrected chi connectivity index (χ3v) is 3.59. The summed E-state index contributed by atoms with van der Waals surface area (Å²) < 4.78 is 4.64. The highest BCUT2D eigenvalue weighted by atomic mass is 32.1. The summed E-state index contributed by atoms with van der Waals surface area (Å²) in [7, 11) is 1.30. The number of hydrogen-bond donors (Lipinski definition) is 2. The molecular weight excluding hydrogens is 312 g/mol. The number of methoxy groups -OCH3 is 1. The van der Waals surface area contributed by atoms with Crippen LogP contribution >= 0.6 is 12.2 Å². The number of hydrogen-bond acceptors (Lipinski definition) is 4. The minimum absolute atomic E-state index is 0.300. The van der Waals surface area contributed by atoms with Gasteiger partial charge >= 0.3 is 5.97 Å². The topological polar surface area (TPSA) is 67.4 Å². The Morgan fingerprint density at radius 2 is 1.83 bits per heavy atom. The summed E-state index contributed by atoms with van der Waals surface area (Å²) in [6.07, 6.45) is 5.86. The zero-order chi connectivity index (χ0) is 17.1. The summed E-state index contributed by atoms with van der Waals surface area (Å²) in [5.74, 6) is -0.827. The van der Waals surface area contributed by atoms with E-state index in [0.717, 1.165) is 19.4 Å². The highest BCUT2D eigenvalue weighted by molar-refractivity contribution is 7.80. The van der Waals surface area contributed by atoms with E-state index in [9.17, 15) is 9.59 Å². The van der Waals surface area contributed by atoms with E-state index in [1.165, 1.54) is 32.4 Å². The van der Waals surface area contributed by atoms with Gasteiger partial charge in [0.05, 0.1) is 12.7 Å². The second-order valence-electron chi connectivity index (χ2n) is 5.20. The van der Waals surface area contributed by atoms with Gasteiger partial charge < -0.3 is 10.1 Å². The first-order valence-corrected chi connectivity index (χ1v) is 8.27. The molecule has 6 heteroatoms. The molecular formula is C17H24N2O3S. The fourth-order valence-electron chi connectivity index (χ4n) is 2.06. The smallest absolute Gasteiger partial charge is 0.337 e. The van der Waals surface area contributed by atoms with Crippen LogP contribution in [0, 0.1) is 0 Å². The minimum Gasteiger partial charge on any atom is -0.465 e. The van der Waals surface area contributed by atoms with Crippen molar-refractivity contribution in [3.8, 4) is 0 Å². The average molecular weight is 336 g/mol. The first kappa shape index (κ1) is 19.1. The highest BCUT2D eigenvalue weighted by Crippen LogP contribution is 2.06. The largest absolute Gasteiger partial charge is 0.465 e. The van der Waals surface area contributed by atoms with E-state index in [0.29, 0.717) is 16.2 Å². The third-order valence-electron chi connectivity index (χ3n) is 3.34. The Kier molecular flexibility index (Phi) is 8.90. The highest BCUT2D eigenvalue weighted by Gasteiger charge is 2.11. The number of esters is 1. The van der Waals surface area contributed by atoms with Gasteiger partial charge in [0.25, 0.3) is 5.91 Å². The van der Waals surface area contributed by atoms with E-state index in [2.05, 4.69) is 22.3 Å². The van der Waals surface area contributed by atoms with Gasteiger partial charge in [-0.05, 0) is 36.8 Å². The molecule has 0 atom stereocenters. The second kappa shape index (κ2) is 10.7. The third kappa shape index (κ3) is 7.23. The standard InChI is InChI=1S/C17H24N2O3S/c1-3-4-5-6-7-11-18-17(23)19-15(20)13-9-8-10-14(12-13)16(21)22-2/h8-10,12H,3-7,11H2,1-2H3,(H2,18,19,20,23). The normalized spacial score (nSPS) is 10.0. The maximum atomic E-state index is 12.1. The number of carbonyl (C=O) groups excluding carboxylic acids is 2. The van der Waals surface area contributed by atoms with Crippen molar-refractivity contribution in [1.29, 1.82) is 0 Å². The van der Waals surface area contributed by atoms with Crippen molar-refractivity contribution in [2.24, 2.45) is 0 Å². The predicted molar refractivity (Wildman–Crippen MR) is 94.6 cm³/mol. The van der Waals surface area contributed by atoms with Crippen LogP contribution in [0.1, 0.15) is 59.7 Å². The molecule has 0 aliphatic heterocycles. The van der Waals surface area contributed by atoms with Gasteiger partial charge in [0.15, 0.2) is 5.11 Å². The van der Waals surface area contributed by atoms with Crippen molar-refractivity contribution in [1.82, 2.24) is 10.6 Å². The van der Waals surface area contributed by atoms with E-state index >= 15 is 0 Å². The molecule has 0 saturated heterocycles. The van der Waals surface area contributed by atoms with Gasteiger partial charge in [-0.2, -0.15) is 0 Å². The van der Waals surface area contributed by atoms with E-state index in [1.54, 1.807) is 18.2 Å². The lowest BCUT2D eigenvalue weighted by Gasteiger charge is -2.10. The molecule has 0 fully saturated rings. The summed E-state index contributed by atoms with van der Waals surface area (Å²) in [6.45, 7) is 2.92. The first-order valence-electron chi connectivity index (χ1n) is 7.86. The van der Waals surface area contributed by atoms with Crippen molar-refractivity contribution < 1.29 is 14.3 Å². The van der Waals surface area contributed by atoms with Gasteiger partial charge in [-0.1, -0.05) is 38.7 Å². The van der Waals surface area contributed by atoms with E-state index in [-0.39, 0.29) is 5.91 Å². The molecule has 0 aliphatic carbocycles. The molecule has 0 radical (unpaired) electrons. The number of ether oxygens (including phenoxy) is 1. The molecule has 23 heavy (non-hydrogen) atoms. The van der Waals surface area contributed by atoms with Crippen LogP contribution in [0.25, 0.3) is 0 Å². The molecule has 1 aromatic carbocycles. The molecule has 1 amide bonds. The number of thiocarbonyl (C=S) groups is 1. The molecule has 0 saturated carbocycles. The lowest BCUT2D eigenvalue weighted by molar-refractivity contribution is 0.0600. The van der Waals surface area contributed by atoms with Crippen molar-refractivity contribution in [3.63, 3.8) is 0 Å². The zero-order valence-corrected chi connectivity index (χ0v) is 14.5. The summed E-state index contributed by atoms with van der Waals surface area (Å²) in [4.78, 5) is 23.6. The Balaban J connectivity index is 2.40. The molecule has 0 aromatic heterocycles. The van der Waals surface area contributed by atoms with E-state index in [1.807, 2.05) is 0 Å². The van der Waals surface area contributed by atoms with Crippen LogP contribution in [-0.2, 0) is 4.74 Å². The number of amides is 1. The van der Waals surface area contributed by atoms with Crippen molar-refractivity contribution in [3.05, 3.63) is 35.4 Å². The van der Waals surface area contributed by atoms with Gasteiger partial charge in [-0.25, -0.2) is 4.79 Å². The van der Waals surface area contributed by atoms with Gasteiger partial charge in [0.1, 0.15) is 0 Å². The lowest BCUT2D eigenvalue weighted by Crippen LogP contribution is -2.39. The Bertz CT molecular complexity index is 546. The summed E-state index contributed by atoms with van der Waals surface area (Å²) in [5.41, 5.74) is 0.690. The lowest BCUT2D eigenvalue weighted by atomic mass is 10.1. The fourth-order valence-corrected chi connectivity index (χ4v) is 2.25. The van der Waals surface area contributed by atoms with Crippen molar-refractivity contribution in [2.75, 3.05) is 13.7 Å². The molecule has 0 heterocycles. The Morgan fingerprint density at radius 1 is 1.13 bits per heavy atom. The fraction of sp³-hybridized carbons (Fsp3) is 0.471. The van der Waals surface area contributed by atoms with Crippen LogP contribution in [0.2, 0.25) is 0 Å². The minimum atomic E-state index is -0.479. The van der Waals surface area contributed by atoms with Crippen LogP contribution in [0.4, 0.5) is 0 Å². The van der Waals surface area contributed by atoms with Crippen LogP contribution in [-0.4, -0.2) is 30.6 Å². The number of unbranched alkanes of at least 4 members (excludes halogenated alkanes) is 4. The Hall–Kier alpha value is -1.95. The van der Waals surface area contributed by atoms with Crippen molar-refractivity contribution >= 4 is 29.2 Å². The molecule has 0 bridgehead atoms. The molecule has 0 spiro atoms. The number of benzene rings is 1. The number of nitrogens with one attached hydrogen (secondary N) is 2. The SMILES string of the molecule is CCCCCCCNC(=S)NC(=O)c1cccc(C(=O)OC)c1. The molecule has 2 N–H and O–H groups in total. The van der Waals surface area contributed by atoms with Gasteiger partial charge in [-0.15, -0.1) is 0 Å². The molecule has 0 unspecified atom stereocenters. The maximum absolute atomic E-state index is 12.1. The monoisotopic (exact) mass is 336 g/mol. The zero-order valence-electron chi connectivity index (χ0n) is 13.7. The van der Waals surface area contributed by atoms with Crippen LogP contribution in [0.15, 0.2) is 24.3 Å². The summed E-state index contributed by atoms with van der Waals surface area (Å²) >= 11 is 5.10. The van der Waals surface area contributed by atoms with Gasteiger partial charge in [0, 0.05) is 12.1 Å². The maximum Gasteiger partial charge on any atom is 0.337 e.